The molecule has 0 saturated carbocycles. The van der Waals surface area contributed by atoms with Crippen LogP contribution in [0.3, 0.4) is 0 Å². The summed E-state index contributed by atoms with van der Waals surface area (Å²) < 4.78 is 5.46. The highest BCUT2D eigenvalue weighted by atomic mass is 35.5. The van der Waals surface area contributed by atoms with Crippen molar-refractivity contribution in [3.8, 4) is 5.75 Å². The van der Waals surface area contributed by atoms with Crippen molar-refractivity contribution in [2.75, 3.05) is 26.2 Å². The van der Waals surface area contributed by atoms with Gasteiger partial charge >= 0.3 is 0 Å². The van der Waals surface area contributed by atoms with E-state index in [1.54, 1.807) is 18.2 Å². The third kappa shape index (κ3) is 7.49. The molecular weight excluding hydrogens is 399 g/mol. The van der Waals surface area contributed by atoms with Gasteiger partial charge in [-0.3, -0.25) is 4.79 Å². The van der Waals surface area contributed by atoms with Crippen LogP contribution in [-0.2, 0) is 4.79 Å². The first-order valence-electron chi connectivity index (χ1n) is 8.69. The van der Waals surface area contributed by atoms with Crippen molar-refractivity contribution >= 4 is 41.5 Å². The normalized spacial score (nSPS) is 19.2. The summed E-state index contributed by atoms with van der Waals surface area (Å²) in [4.78, 5) is 12.1. The Kier molecular flexibility index (Phi) is 10.7. The summed E-state index contributed by atoms with van der Waals surface area (Å²) in [5.41, 5.74) is 0. The Morgan fingerprint density at radius 3 is 2.92 bits per heavy atom. The lowest BCUT2D eigenvalue weighted by atomic mass is 9.85. The number of benzene rings is 1. The van der Waals surface area contributed by atoms with Gasteiger partial charge in [-0.1, -0.05) is 36.2 Å². The molecule has 1 aromatic rings. The Hall–Kier alpha value is -0.720. The molecule has 1 saturated heterocycles. The fourth-order valence-corrected chi connectivity index (χ4v) is 3.31. The third-order valence-electron chi connectivity index (χ3n) is 4.53. The fourth-order valence-electron chi connectivity index (χ4n) is 2.97. The van der Waals surface area contributed by atoms with Gasteiger partial charge in [-0.2, -0.15) is 0 Å². The largest absolute Gasteiger partial charge is 0.489 e. The van der Waals surface area contributed by atoms with E-state index in [0.717, 1.165) is 19.5 Å². The van der Waals surface area contributed by atoms with Crippen LogP contribution in [0.15, 0.2) is 18.2 Å². The topological polar surface area (TPSA) is 70.6 Å². The van der Waals surface area contributed by atoms with Gasteiger partial charge in [0.15, 0.2) is 0 Å². The smallest absolute Gasteiger partial charge is 0.220 e. The van der Waals surface area contributed by atoms with Gasteiger partial charge in [0.25, 0.3) is 0 Å². The molecule has 3 N–H and O–H groups in total. The van der Waals surface area contributed by atoms with Crippen molar-refractivity contribution in [3.05, 3.63) is 28.2 Å². The van der Waals surface area contributed by atoms with Crippen LogP contribution in [0.25, 0.3) is 0 Å². The van der Waals surface area contributed by atoms with E-state index in [9.17, 15) is 9.90 Å². The molecular formula is C18H27Cl3N2O3. The van der Waals surface area contributed by atoms with Gasteiger partial charge < -0.3 is 20.5 Å². The highest BCUT2D eigenvalue weighted by Gasteiger charge is 2.22. The lowest BCUT2D eigenvalue weighted by Crippen LogP contribution is -2.38. The summed E-state index contributed by atoms with van der Waals surface area (Å²) in [5.74, 6) is 1.24. The van der Waals surface area contributed by atoms with Gasteiger partial charge in [0.05, 0.1) is 5.02 Å². The van der Waals surface area contributed by atoms with Gasteiger partial charge in [0, 0.05) is 13.0 Å². The number of hydrogen-bond acceptors (Lipinski definition) is 4. The van der Waals surface area contributed by atoms with E-state index in [1.807, 2.05) is 0 Å². The molecule has 3 unspecified atom stereocenters. The van der Waals surface area contributed by atoms with Crippen LogP contribution in [0.1, 0.15) is 26.2 Å². The number of halogens is 3. The Morgan fingerprint density at radius 2 is 2.23 bits per heavy atom. The summed E-state index contributed by atoms with van der Waals surface area (Å²) in [7, 11) is 0. The van der Waals surface area contributed by atoms with Crippen molar-refractivity contribution in [1.82, 2.24) is 10.6 Å². The maximum atomic E-state index is 12.1. The van der Waals surface area contributed by atoms with Gasteiger partial charge in [-0.25, -0.2) is 0 Å². The number of carbonyl (C=O) groups is 1. The minimum Gasteiger partial charge on any atom is -0.489 e. The zero-order valence-corrected chi connectivity index (χ0v) is 17.2. The molecule has 1 aromatic carbocycles. The second-order valence-corrected chi connectivity index (χ2v) is 7.39. The molecule has 1 heterocycles. The van der Waals surface area contributed by atoms with E-state index >= 15 is 0 Å². The molecule has 5 nitrogen and oxygen atoms in total. The van der Waals surface area contributed by atoms with E-state index in [0.29, 0.717) is 34.1 Å². The van der Waals surface area contributed by atoms with Crippen LogP contribution in [0.4, 0.5) is 0 Å². The number of carbonyl (C=O) groups excluding carboxylic acids is 1. The van der Waals surface area contributed by atoms with E-state index in [4.69, 9.17) is 27.9 Å². The molecule has 2 rings (SSSR count). The molecule has 3 atom stereocenters. The van der Waals surface area contributed by atoms with Crippen molar-refractivity contribution in [2.45, 2.75) is 32.3 Å². The Bertz CT molecular complexity index is 569. The SMILES string of the molecule is CC(CC(=O)NCC(O)COc1cccc(Cl)c1Cl)C1CCCNC1.Cl. The number of rotatable bonds is 8. The maximum absolute atomic E-state index is 12.1. The molecule has 0 aromatic heterocycles. The maximum Gasteiger partial charge on any atom is 0.220 e. The molecule has 0 radical (unpaired) electrons. The van der Waals surface area contributed by atoms with Crippen LogP contribution in [0.5, 0.6) is 5.75 Å². The molecule has 0 spiro atoms. The van der Waals surface area contributed by atoms with Crippen LogP contribution >= 0.6 is 35.6 Å². The molecule has 26 heavy (non-hydrogen) atoms. The van der Waals surface area contributed by atoms with Crippen molar-refractivity contribution in [3.63, 3.8) is 0 Å². The summed E-state index contributed by atoms with van der Waals surface area (Å²) in [6.07, 6.45) is 1.99. The zero-order chi connectivity index (χ0) is 18.2. The van der Waals surface area contributed by atoms with Crippen LogP contribution in [0, 0.1) is 11.8 Å². The Labute approximate surface area is 171 Å². The molecule has 1 aliphatic rings. The molecule has 1 aliphatic heterocycles. The standard InChI is InChI=1S/C18H26Cl2N2O3.ClH/c1-12(13-4-3-7-21-9-13)8-17(24)22-10-14(23)11-25-16-6-2-5-15(19)18(16)20;/h2,5-6,12-14,21,23H,3-4,7-11H2,1H3,(H,22,24);1H. The lowest BCUT2D eigenvalue weighted by Gasteiger charge is -2.28. The van der Waals surface area contributed by atoms with Crippen LogP contribution < -0.4 is 15.4 Å². The minimum atomic E-state index is -0.814. The van der Waals surface area contributed by atoms with Gasteiger partial charge in [0.2, 0.25) is 5.91 Å². The molecule has 1 amide bonds. The quantitative estimate of drug-likeness (QED) is 0.598. The van der Waals surface area contributed by atoms with E-state index in [2.05, 4.69) is 17.6 Å². The number of amides is 1. The fraction of sp³-hybridized carbons (Fsp3) is 0.611. The number of hydrogen-bond donors (Lipinski definition) is 3. The first-order valence-corrected chi connectivity index (χ1v) is 9.45. The average molecular weight is 426 g/mol. The number of aliphatic hydroxyl groups is 1. The lowest BCUT2D eigenvalue weighted by molar-refractivity contribution is -0.122. The molecule has 148 valence electrons. The first kappa shape index (κ1) is 23.3. The first-order chi connectivity index (χ1) is 12.0. The Balaban J connectivity index is 0.00000338. The highest BCUT2D eigenvalue weighted by Crippen LogP contribution is 2.31. The van der Waals surface area contributed by atoms with E-state index < -0.39 is 6.10 Å². The zero-order valence-electron chi connectivity index (χ0n) is 14.8. The molecule has 8 heteroatoms. The predicted octanol–water partition coefficient (Wildman–Crippen LogP) is 3.30. The summed E-state index contributed by atoms with van der Waals surface area (Å²) in [6.45, 7) is 4.33. The van der Waals surface area contributed by atoms with E-state index in [-0.39, 0.29) is 31.5 Å². The molecule has 0 bridgehead atoms. The summed E-state index contributed by atoms with van der Waals surface area (Å²) in [5, 5.41) is 16.8. The monoisotopic (exact) mass is 424 g/mol. The number of piperidine rings is 1. The summed E-state index contributed by atoms with van der Waals surface area (Å²) >= 11 is 11.9. The highest BCUT2D eigenvalue weighted by molar-refractivity contribution is 6.42. The number of aliphatic hydroxyl groups excluding tert-OH is 1. The van der Waals surface area contributed by atoms with E-state index in [1.165, 1.54) is 6.42 Å². The van der Waals surface area contributed by atoms with Crippen LogP contribution in [0.2, 0.25) is 10.0 Å². The average Bonchev–Trinajstić information content (AvgIpc) is 2.62. The van der Waals surface area contributed by atoms with Crippen molar-refractivity contribution in [2.24, 2.45) is 11.8 Å². The van der Waals surface area contributed by atoms with Crippen LogP contribution in [-0.4, -0.2) is 43.4 Å². The second-order valence-electron chi connectivity index (χ2n) is 6.61. The minimum absolute atomic E-state index is 0. The van der Waals surface area contributed by atoms with Crippen molar-refractivity contribution < 1.29 is 14.6 Å². The summed E-state index contributed by atoms with van der Waals surface area (Å²) in [6, 6.07) is 5.06. The number of nitrogens with one attached hydrogen (secondary N) is 2. The van der Waals surface area contributed by atoms with Gasteiger partial charge in [0.1, 0.15) is 23.5 Å². The Morgan fingerprint density at radius 1 is 1.46 bits per heavy atom. The third-order valence-corrected chi connectivity index (χ3v) is 5.33. The van der Waals surface area contributed by atoms with Gasteiger partial charge in [-0.15, -0.1) is 12.4 Å². The van der Waals surface area contributed by atoms with Gasteiger partial charge in [-0.05, 0) is 49.9 Å². The van der Waals surface area contributed by atoms with Crippen molar-refractivity contribution in [1.29, 1.82) is 0 Å². The number of ether oxygens (including phenoxy) is 1. The predicted molar refractivity (Wildman–Crippen MR) is 108 cm³/mol. The molecule has 0 aliphatic carbocycles. The molecule has 1 fully saturated rings. The second kappa shape index (κ2) is 11.9.